The van der Waals surface area contributed by atoms with Gasteiger partial charge in [-0.25, -0.2) is 9.67 Å². The Bertz CT molecular complexity index is 676. The summed E-state index contributed by atoms with van der Waals surface area (Å²) in [6, 6.07) is 8.97. The molecule has 17 heavy (non-hydrogen) atoms. The van der Waals surface area contributed by atoms with Crippen molar-refractivity contribution in [3.05, 3.63) is 52.2 Å². The maximum atomic E-state index is 12.8. The maximum Gasteiger partial charge on any atom is 0.212 e. The van der Waals surface area contributed by atoms with Crippen LogP contribution in [0.3, 0.4) is 0 Å². The minimum Gasteiger partial charge on any atom is -0.231 e. The molecule has 0 radical (unpaired) electrons. The number of nitrogens with zero attached hydrogens (tertiary/aromatic N) is 3. The molecule has 0 saturated heterocycles. The van der Waals surface area contributed by atoms with E-state index in [1.807, 2.05) is 18.2 Å². The van der Waals surface area contributed by atoms with Gasteiger partial charge < -0.3 is 0 Å². The monoisotopic (exact) mass is 339 g/mol. The van der Waals surface area contributed by atoms with Crippen LogP contribution in [0, 0.1) is 9.52 Å². The molecule has 5 heteroatoms. The van der Waals surface area contributed by atoms with Crippen LogP contribution in [-0.2, 0) is 0 Å². The van der Waals surface area contributed by atoms with Crippen LogP contribution in [0.15, 0.2) is 42.7 Å². The molecule has 1 aromatic carbocycles. The SMILES string of the molecule is Fc1ccc(-n2ncc3c(I)cccc32)cn1. The Kier molecular flexibility index (Phi) is 2.54. The normalized spacial score (nSPS) is 10.9. The Balaban J connectivity index is 2.24. The summed E-state index contributed by atoms with van der Waals surface area (Å²) in [6.07, 6.45) is 3.28. The molecule has 0 spiro atoms. The average molecular weight is 339 g/mol. The maximum absolute atomic E-state index is 12.8. The molecule has 3 nitrogen and oxygen atoms in total. The molecule has 3 aromatic rings. The summed E-state index contributed by atoms with van der Waals surface area (Å²) in [4.78, 5) is 3.63. The Morgan fingerprint density at radius 1 is 1.12 bits per heavy atom. The fourth-order valence-electron chi connectivity index (χ4n) is 1.71. The van der Waals surface area contributed by atoms with Gasteiger partial charge in [-0.1, -0.05) is 6.07 Å². The van der Waals surface area contributed by atoms with E-state index in [1.165, 1.54) is 12.3 Å². The molecule has 0 saturated carbocycles. The first-order valence-electron chi connectivity index (χ1n) is 5.00. The van der Waals surface area contributed by atoms with Crippen molar-refractivity contribution in [2.45, 2.75) is 0 Å². The second-order valence-corrected chi connectivity index (χ2v) is 4.73. The van der Waals surface area contributed by atoms with Gasteiger partial charge in [-0.3, -0.25) is 0 Å². The summed E-state index contributed by atoms with van der Waals surface area (Å²) in [5, 5.41) is 5.39. The highest BCUT2D eigenvalue weighted by molar-refractivity contribution is 14.1. The molecule has 0 unspecified atom stereocenters. The molecule has 2 heterocycles. The van der Waals surface area contributed by atoms with E-state index in [0.717, 1.165) is 20.2 Å². The number of rotatable bonds is 1. The largest absolute Gasteiger partial charge is 0.231 e. The number of hydrogen-bond acceptors (Lipinski definition) is 2. The second-order valence-electron chi connectivity index (χ2n) is 3.57. The zero-order valence-corrected chi connectivity index (χ0v) is 10.8. The van der Waals surface area contributed by atoms with Gasteiger partial charge in [0.15, 0.2) is 0 Å². The van der Waals surface area contributed by atoms with Gasteiger partial charge in [-0.15, -0.1) is 0 Å². The molecule has 84 valence electrons. The quantitative estimate of drug-likeness (QED) is 0.504. The standard InChI is InChI=1S/C12H7FIN3/c13-12-5-4-8(6-15-12)17-11-3-1-2-10(14)9(11)7-16-17/h1-7H. The number of aromatic nitrogens is 3. The van der Waals surface area contributed by atoms with Crippen LogP contribution in [0.2, 0.25) is 0 Å². The van der Waals surface area contributed by atoms with Crippen molar-refractivity contribution in [3.63, 3.8) is 0 Å². The van der Waals surface area contributed by atoms with E-state index in [4.69, 9.17) is 0 Å². The van der Waals surface area contributed by atoms with Crippen molar-refractivity contribution in [1.82, 2.24) is 14.8 Å². The average Bonchev–Trinajstić information content (AvgIpc) is 2.75. The molecule has 2 aromatic heterocycles. The van der Waals surface area contributed by atoms with E-state index in [0.29, 0.717) is 0 Å². The van der Waals surface area contributed by atoms with Crippen molar-refractivity contribution in [3.8, 4) is 5.69 Å². The first-order chi connectivity index (χ1) is 8.25. The van der Waals surface area contributed by atoms with Crippen LogP contribution in [0.25, 0.3) is 16.6 Å². The van der Waals surface area contributed by atoms with Crippen LogP contribution in [0.4, 0.5) is 4.39 Å². The third kappa shape index (κ3) is 1.80. The molecule has 0 aliphatic heterocycles. The number of benzene rings is 1. The van der Waals surface area contributed by atoms with Crippen LogP contribution in [0.1, 0.15) is 0 Å². The molecule has 0 atom stereocenters. The van der Waals surface area contributed by atoms with Gasteiger partial charge in [-0.2, -0.15) is 9.49 Å². The minimum absolute atomic E-state index is 0.486. The number of pyridine rings is 1. The van der Waals surface area contributed by atoms with Gasteiger partial charge in [0.25, 0.3) is 0 Å². The summed E-state index contributed by atoms with van der Waals surface area (Å²) < 4.78 is 15.7. The van der Waals surface area contributed by atoms with Crippen LogP contribution < -0.4 is 0 Å². The first-order valence-corrected chi connectivity index (χ1v) is 6.08. The molecule has 0 fully saturated rings. The molecule has 0 N–H and O–H groups in total. The zero-order chi connectivity index (χ0) is 11.8. The van der Waals surface area contributed by atoms with Gasteiger partial charge in [-0.05, 0) is 46.9 Å². The van der Waals surface area contributed by atoms with Gasteiger partial charge in [0.05, 0.1) is 23.6 Å². The molecule has 0 bridgehead atoms. The van der Waals surface area contributed by atoms with Gasteiger partial charge in [0.2, 0.25) is 5.95 Å². The van der Waals surface area contributed by atoms with E-state index in [-0.39, 0.29) is 0 Å². The zero-order valence-electron chi connectivity index (χ0n) is 8.64. The van der Waals surface area contributed by atoms with Crippen molar-refractivity contribution in [1.29, 1.82) is 0 Å². The highest BCUT2D eigenvalue weighted by Crippen LogP contribution is 2.22. The summed E-state index contributed by atoms with van der Waals surface area (Å²) in [5.74, 6) is -0.486. The van der Waals surface area contributed by atoms with Crippen molar-refractivity contribution in [2.75, 3.05) is 0 Å². The van der Waals surface area contributed by atoms with Crippen LogP contribution in [-0.4, -0.2) is 14.8 Å². The predicted molar refractivity (Wildman–Crippen MR) is 71.5 cm³/mol. The van der Waals surface area contributed by atoms with Crippen molar-refractivity contribution < 1.29 is 4.39 Å². The van der Waals surface area contributed by atoms with Crippen LogP contribution >= 0.6 is 22.6 Å². The highest BCUT2D eigenvalue weighted by atomic mass is 127. The van der Waals surface area contributed by atoms with Gasteiger partial charge in [0, 0.05) is 8.96 Å². The van der Waals surface area contributed by atoms with Crippen molar-refractivity contribution in [2.24, 2.45) is 0 Å². The predicted octanol–water partition coefficient (Wildman–Crippen LogP) is 3.16. The van der Waals surface area contributed by atoms with E-state index in [1.54, 1.807) is 16.9 Å². The second kappa shape index (κ2) is 4.06. The number of hydrogen-bond donors (Lipinski definition) is 0. The Morgan fingerprint density at radius 2 is 2.00 bits per heavy atom. The Morgan fingerprint density at radius 3 is 2.76 bits per heavy atom. The van der Waals surface area contributed by atoms with E-state index >= 15 is 0 Å². The molecular formula is C12H7FIN3. The number of fused-ring (bicyclic) bond motifs is 1. The molecule has 0 aliphatic carbocycles. The summed E-state index contributed by atoms with van der Waals surface area (Å²) in [7, 11) is 0. The lowest BCUT2D eigenvalue weighted by Crippen LogP contribution is -1.97. The Labute approximate surface area is 110 Å². The topological polar surface area (TPSA) is 30.7 Å². The Hall–Kier alpha value is -1.50. The van der Waals surface area contributed by atoms with E-state index < -0.39 is 5.95 Å². The summed E-state index contributed by atoms with van der Waals surface area (Å²) in [5.41, 5.74) is 1.74. The third-order valence-electron chi connectivity index (χ3n) is 2.52. The third-order valence-corrected chi connectivity index (χ3v) is 3.46. The fourth-order valence-corrected chi connectivity index (χ4v) is 2.34. The van der Waals surface area contributed by atoms with E-state index in [9.17, 15) is 4.39 Å². The summed E-state index contributed by atoms with van der Waals surface area (Å²) in [6.45, 7) is 0. The lowest BCUT2D eigenvalue weighted by molar-refractivity contribution is 0.582. The number of halogens is 2. The highest BCUT2D eigenvalue weighted by Gasteiger charge is 2.07. The first kappa shape index (κ1) is 10.6. The van der Waals surface area contributed by atoms with Gasteiger partial charge in [0.1, 0.15) is 0 Å². The molecule has 0 amide bonds. The molecule has 0 aliphatic rings. The fraction of sp³-hybridized carbons (Fsp3) is 0. The lowest BCUT2D eigenvalue weighted by Gasteiger charge is -2.02. The molecule has 3 rings (SSSR count). The lowest BCUT2D eigenvalue weighted by atomic mass is 10.2. The minimum atomic E-state index is -0.486. The summed E-state index contributed by atoms with van der Waals surface area (Å²) >= 11 is 2.27. The smallest absolute Gasteiger partial charge is 0.212 e. The van der Waals surface area contributed by atoms with Gasteiger partial charge >= 0.3 is 0 Å². The van der Waals surface area contributed by atoms with Crippen LogP contribution in [0.5, 0.6) is 0 Å². The van der Waals surface area contributed by atoms with Crippen molar-refractivity contribution >= 4 is 33.5 Å². The molecular weight excluding hydrogens is 332 g/mol. The van der Waals surface area contributed by atoms with E-state index in [2.05, 4.69) is 32.7 Å².